The normalized spacial score (nSPS) is 24.5. The lowest BCUT2D eigenvalue weighted by atomic mass is 10.0. The highest BCUT2D eigenvalue weighted by Crippen LogP contribution is 2.20. The SMILES string of the molecule is C=C/C=C1/CCC=N/C1=C/C. The molecule has 0 aromatic carbocycles. The third kappa shape index (κ3) is 1.90. The molecule has 0 spiro atoms. The zero-order chi connectivity index (χ0) is 8.10. The maximum Gasteiger partial charge on any atom is 0.0615 e. The second kappa shape index (κ2) is 3.91. The molecular formula is C10H13N. The first-order valence-corrected chi connectivity index (χ1v) is 3.89. The maximum atomic E-state index is 4.27. The molecule has 1 nitrogen and oxygen atoms in total. The first kappa shape index (κ1) is 7.99. The summed E-state index contributed by atoms with van der Waals surface area (Å²) in [5, 5.41) is 0. The molecule has 0 saturated carbocycles. The molecule has 0 radical (unpaired) electrons. The molecule has 0 atom stereocenters. The summed E-state index contributed by atoms with van der Waals surface area (Å²) in [7, 11) is 0. The fourth-order valence-electron chi connectivity index (χ4n) is 1.16. The molecule has 0 saturated heterocycles. The predicted molar refractivity (Wildman–Crippen MR) is 49.8 cm³/mol. The number of rotatable bonds is 1. The van der Waals surface area contributed by atoms with Crippen LogP contribution in [0, 0.1) is 0 Å². The van der Waals surface area contributed by atoms with Crippen molar-refractivity contribution in [2.24, 2.45) is 4.99 Å². The summed E-state index contributed by atoms with van der Waals surface area (Å²) in [5.74, 6) is 0. The van der Waals surface area contributed by atoms with E-state index in [1.165, 1.54) is 5.57 Å². The van der Waals surface area contributed by atoms with E-state index in [0.29, 0.717) is 0 Å². The van der Waals surface area contributed by atoms with Gasteiger partial charge in [-0.2, -0.15) is 0 Å². The molecule has 58 valence electrons. The van der Waals surface area contributed by atoms with Crippen LogP contribution >= 0.6 is 0 Å². The van der Waals surface area contributed by atoms with E-state index >= 15 is 0 Å². The molecule has 0 N–H and O–H groups in total. The minimum atomic E-state index is 1.05. The van der Waals surface area contributed by atoms with Gasteiger partial charge in [-0.25, -0.2) is 0 Å². The molecule has 0 bridgehead atoms. The van der Waals surface area contributed by atoms with E-state index in [2.05, 4.69) is 11.6 Å². The highest BCUT2D eigenvalue weighted by atomic mass is 14.7. The number of allylic oxidation sites excluding steroid dienone is 4. The second-order valence-electron chi connectivity index (χ2n) is 2.45. The largest absolute Gasteiger partial charge is 0.261 e. The average Bonchev–Trinajstić information content (AvgIpc) is 2.06. The lowest BCUT2D eigenvalue weighted by Crippen LogP contribution is -1.95. The van der Waals surface area contributed by atoms with Crippen LogP contribution in [0.1, 0.15) is 19.8 Å². The Bertz CT molecular complexity index is 231. The van der Waals surface area contributed by atoms with Crippen LogP contribution in [0.25, 0.3) is 0 Å². The first-order valence-electron chi connectivity index (χ1n) is 3.89. The lowest BCUT2D eigenvalue weighted by molar-refractivity contribution is 0.985. The highest BCUT2D eigenvalue weighted by Gasteiger charge is 2.04. The van der Waals surface area contributed by atoms with Crippen LogP contribution in [0.4, 0.5) is 0 Å². The molecule has 11 heavy (non-hydrogen) atoms. The minimum absolute atomic E-state index is 1.05. The van der Waals surface area contributed by atoms with Gasteiger partial charge in [-0.05, 0) is 25.3 Å². The monoisotopic (exact) mass is 147 g/mol. The van der Waals surface area contributed by atoms with Crippen LogP contribution in [0.5, 0.6) is 0 Å². The van der Waals surface area contributed by atoms with Crippen molar-refractivity contribution in [3.63, 3.8) is 0 Å². The number of nitrogens with zero attached hydrogens (tertiary/aromatic N) is 1. The summed E-state index contributed by atoms with van der Waals surface area (Å²) in [6.45, 7) is 5.68. The molecule has 0 aromatic heterocycles. The van der Waals surface area contributed by atoms with Gasteiger partial charge in [0.1, 0.15) is 0 Å². The van der Waals surface area contributed by atoms with Crippen LogP contribution in [0.15, 0.2) is 41.1 Å². The number of hydrogen-bond acceptors (Lipinski definition) is 1. The number of aliphatic imine (C=N–C) groups is 1. The van der Waals surface area contributed by atoms with Gasteiger partial charge in [0.05, 0.1) is 5.70 Å². The highest BCUT2D eigenvalue weighted by molar-refractivity contribution is 5.64. The van der Waals surface area contributed by atoms with Gasteiger partial charge in [0.15, 0.2) is 0 Å². The predicted octanol–water partition coefficient (Wildman–Crippen LogP) is 2.87. The number of hydrogen-bond donors (Lipinski definition) is 0. The Labute approximate surface area is 67.8 Å². The van der Waals surface area contributed by atoms with Crippen molar-refractivity contribution < 1.29 is 0 Å². The molecule has 1 heteroatoms. The maximum absolute atomic E-state index is 4.27. The third-order valence-electron chi connectivity index (χ3n) is 1.69. The van der Waals surface area contributed by atoms with Crippen LogP contribution in [-0.4, -0.2) is 6.21 Å². The Morgan fingerprint density at radius 3 is 3.09 bits per heavy atom. The fraction of sp³-hybridized carbons (Fsp3) is 0.300. The van der Waals surface area contributed by atoms with Crippen LogP contribution in [-0.2, 0) is 0 Å². The Kier molecular flexibility index (Phi) is 2.84. The van der Waals surface area contributed by atoms with E-state index in [4.69, 9.17) is 0 Å². The molecule has 1 aliphatic rings. The molecule has 1 heterocycles. The summed E-state index contributed by atoms with van der Waals surface area (Å²) < 4.78 is 0. The van der Waals surface area contributed by atoms with E-state index in [9.17, 15) is 0 Å². The first-order chi connectivity index (χ1) is 5.38. The fourth-order valence-corrected chi connectivity index (χ4v) is 1.16. The van der Waals surface area contributed by atoms with Gasteiger partial charge in [-0.15, -0.1) is 0 Å². The minimum Gasteiger partial charge on any atom is -0.261 e. The molecule has 0 amide bonds. The van der Waals surface area contributed by atoms with Crippen molar-refractivity contribution in [2.45, 2.75) is 19.8 Å². The van der Waals surface area contributed by atoms with E-state index in [1.54, 1.807) is 0 Å². The van der Waals surface area contributed by atoms with Gasteiger partial charge < -0.3 is 0 Å². The molecule has 0 aliphatic carbocycles. The van der Waals surface area contributed by atoms with Gasteiger partial charge in [0.2, 0.25) is 0 Å². The topological polar surface area (TPSA) is 12.4 Å². The van der Waals surface area contributed by atoms with E-state index in [-0.39, 0.29) is 0 Å². The van der Waals surface area contributed by atoms with Crippen LogP contribution in [0.2, 0.25) is 0 Å². The Morgan fingerprint density at radius 2 is 2.45 bits per heavy atom. The molecular weight excluding hydrogens is 134 g/mol. The van der Waals surface area contributed by atoms with Crippen molar-refractivity contribution in [3.05, 3.63) is 36.1 Å². The molecule has 1 rings (SSSR count). The third-order valence-corrected chi connectivity index (χ3v) is 1.69. The van der Waals surface area contributed by atoms with Crippen molar-refractivity contribution in [3.8, 4) is 0 Å². The van der Waals surface area contributed by atoms with Gasteiger partial charge in [0, 0.05) is 6.21 Å². The van der Waals surface area contributed by atoms with Crippen LogP contribution in [0.3, 0.4) is 0 Å². The smallest absolute Gasteiger partial charge is 0.0615 e. The summed E-state index contributed by atoms with van der Waals surface area (Å²) in [6.07, 6.45) is 10.00. The van der Waals surface area contributed by atoms with Crippen molar-refractivity contribution in [1.82, 2.24) is 0 Å². The van der Waals surface area contributed by atoms with Gasteiger partial charge >= 0.3 is 0 Å². The Balaban J connectivity index is 2.88. The summed E-state index contributed by atoms with van der Waals surface area (Å²) in [4.78, 5) is 4.27. The molecule has 1 aliphatic heterocycles. The zero-order valence-electron chi connectivity index (χ0n) is 6.88. The quantitative estimate of drug-likeness (QED) is 0.540. The molecule has 0 aromatic rings. The molecule has 0 unspecified atom stereocenters. The molecule has 0 fully saturated rings. The van der Waals surface area contributed by atoms with Gasteiger partial charge in [-0.3, -0.25) is 4.99 Å². The average molecular weight is 147 g/mol. The van der Waals surface area contributed by atoms with Gasteiger partial charge in [-0.1, -0.05) is 24.8 Å². The van der Waals surface area contributed by atoms with Gasteiger partial charge in [0.25, 0.3) is 0 Å². The van der Waals surface area contributed by atoms with Crippen molar-refractivity contribution in [1.29, 1.82) is 0 Å². The lowest BCUT2D eigenvalue weighted by Gasteiger charge is -2.09. The Hall–Kier alpha value is -1.11. The Morgan fingerprint density at radius 1 is 1.64 bits per heavy atom. The van der Waals surface area contributed by atoms with E-state index in [1.807, 2.05) is 31.4 Å². The standard InChI is InChI=1S/C10H13N/c1-3-6-9-7-5-8-11-10(9)4-2/h3-4,6,8H,1,5,7H2,2H3/b9-6-,10-4+. The zero-order valence-corrected chi connectivity index (χ0v) is 6.88. The summed E-state index contributed by atoms with van der Waals surface area (Å²) in [5.41, 5.74) is 2.39. The van der Waals surface area contributed by atoms with Crippen molar-refractivity contribution >= 4 is 6.21 Å². The van der Waals surface area contributed by atoms with Crippen molar-refractivity contribution in [2.75, 3.05) is 0 Å². The second-order valence-corrected chi connectivity index (χ2v) is 2.45. The van der Waals surface area contributed by atoms with E-state index in [0.717, 1.165) is 18.5 Å². The summed E-state index contributed by atoms with van der Waals surface area (Å²) >= 11 is 0. The van der Waals surface area contributed by atoms with E-state index < -0.39 is 0 Å². The summed E-state index contributed by atoms with van der Waals surface area (Å²) in [6, 6.07) is 0. The van der Waals surface area contributed by atoms with Crippen LogP contribution < -0.4 is 0 Å².